The summed E-state index contributed by atoms with van der Waals surface area (Å²) < 4.78 is 10.7. The topological polar surface area (TPSA) is 74.2 Å². The number of oxime groups is 1. The highest BCUT2D eigenvalue weighted by Gasteiger charge is 2.08. The van der Waals surface area contributed by atoms with Crippen LogP contribution in [0.4, 0.5) is 0 Å². The Bertz CT molecular complexity index is 783. The van der Waals surface area contributed by atoms with Gasteiger partial charge in [-0.1, -0.05) is 17.3 Å². The second-order valence-corrected chi connectivity index (χ2v) is 5.71. The molecule has 27 heavy (non-hydrogen) atoms. The third-order valence-electron chi connectivity index (χ3n) is 3.67. The molecule has 0 aliphatic rings. The van der Waals surface area contributed by atoms with Crippen molar-refractivity contribution in [1.29, 1.82) is 0 Å². The molecule has 0 unspecified atom stereocenters. The molecule has 6 nitrogen and oxygen atoms in total. The molecule has 0 bridgehead atoms. The molecular formula is C21H23NO5. The predicted octanol–water partition coefficient (Wildman–Crippen LogP) is 4.02. The lowest BCUT2D eigenvalue weighted by atomic mass is 10.1. The van der Waals surface area contributed by atoms with E-state index in [1.54, 1.807) is 31.2 Å². The summed E-state index contributed by atoms with van der Waals surface area (Å²) in [4.78, 5) is 27.4. The van der Waals surface area contributed by atoms with Crippen molar-refractivity contribution in [2.75, 3.05) is 13.2 Å². The van der Waals surface area contributed by atoms with Crippen LogP contribution >= 0.6 is 0 Å². The van der Waals surface area contributed by atoms with E-state index in [9.17, 15) is 9.59 Å². The van der Waals surface area contributed by atoms with E-state index < -0.39 is 0 Å². The van der Waals surface area contributed by atoms with E-state index >= 15 is 0 Å². The largest absolute Gasteiger partial charge is 0.493 e. The van der Waals surface area contributed by atoms with Gasteiger partial charge in [0.1, 0.15) is 12.0 Å². The minimum absolute atomic E-state index is 0.221. The molecule has 0 aliphatic heterocycles. The Hall–Kier alpha value is -3.15. The zero-order chi connectivity index (χ0) is 19.5. The predicted molar refractivity (Wildman–Crippen MR) is 102 cm³/mol. The number of para-hydroxylation sites is 1. The van der Waals surface area contributed by atoms with E-state index in [2.05, 4.69) is 5.16 Å². The van der Waals surface area contributed by atoms with Gasteiger partial charge < -0.3 is 14.3 Å². The second-order valence-electron chi connectivity index (χ2n) is 5.71. The Morgan fingerprint density at radius 3 is 2.56 bits per heavy atom. The van der Waals surface area contributed by atoms with Gasteiger partial charge in [-0.3, -0.25) is 9.59 Å². The molecule has 0 aromatic heterocycles. The Morgan fingerprint density at radius 1 is 1.11 bits per heavy atom. The number of carbonyl (C=O) groups excluding carboxylic acids is 2. The highest BCUT2D eigenvalue weighted by molar-refractivity contribution is 6.00. The van der Waals surface area contributed by atoms with Crippen molar-refractivity contribution < 1.29 is 23.9 Å². The molecular weight excluding hydrogens is 346 g/mol. The zero-order valence-corrected chi connectivity index (χ0v) is 15.5. The van der Waals surface area contributed by atoms with E-state index in [-0.39, 0.29) is 5.97 Å². The fourth-order valence-electron chi connectivity index (χ4n) is 2.30. The van der Waals surface area contributed by atoms with Gasteiger partial charge in [0, 0.05) is 17.5 Å². The normalized spacial score (nSPS) is 11.0. The first kappa shape index (κ1) is 20.2. The molecule has 0 saturated carbocycles. The first-order valence-electron chi connectivity index (χ1n) is 8.78. The van der Waals surface area contributed by atoms with Crippen molar-refractivity contribution in [2.45, 2.75) is 26.7 Å². The lowest BCUT2D eigenvalue weighted by Crippen LogP contribution is -2.08. The fourth-order valence-corrected chi connectivity index (χ4v) is 2.30. The molecule has 0 atom stereocenters. The SMILES string of the molecule is CCOC(=O)CCCOc1ccccc1C(C)=NOc1ccc(C=O)cc1. The van der Waals surface area contributed by atoms with Crippen LogP contribution in [0, 0.1) is 0 Å². The summed E-state index contributed by atoms with van der Waals surface area (Å²) in [6, 6.07) is 14.2. The molecule has 6 heteroatoms. The molecule has 0 saturated heterocycles. The summed E-state index contributed by atoms with van der Waals surface area (Å²) in [5.74, 6) is 0.983. The first-order chi connectivity index (χ1) is 13.1. The van der Waals surface area contributed by atoms with E-state index in [0.717, 1.165) is 11.8 Å². The lowest BCUT2D eigenvalue weighted by molar-refractivity contribution is -0.143. The average Bonchev–Trinajstić information content (AvgIpc) is 2.70. The maximum Gasteiger partial charge on any atom is 0.305 e. The van der Waals surface area contributed by atoms with Crippen LogP contribution in [-0.4, -0.2) is 31.2 Å². The van der Waals surface area contributed by atoms with Gasteiger partial charge in [-0.2, -0.15) is 0 Å². The number of benzene rings is 2. The third kappa shape index (κ3) is 6.58. The number of nitrogens with zero attached hydrogens (tertiary/aromatic N) is 1. The van der Waals surface area contributed by atoms with E-state index in [0.29, 0.717) is 48.8 Å². The van der Waals surface area contributed by atoms with Crippen molar-refractivity contribution >= 4 is 18.0 Å². The average molecular weight is 369 g/mol. The van der Waals surface area contributed by atoms with Gasteiger partial charge in [0.2, 0.25) is 0 Å². The molecule has 0 aliphatic carbocycles. The Labute approximate surface area is 158 Å². The van der Waals surface area contributed by atoms with Gasteiger partial charge in [0.05, 0.1) is 18.9 Å². The number of hydrogen-bond acceptors (Lipinski definition) is 6. The number of carbonyl (C=O) groups is 2. The van der Waals surface area contributed by atoms with Crippen molar-refractivity contribution in [3.63, 3.8) is 0 Å². The molecule has 0 N–H and O–H groups in total. The van der Waals surface area contributed by atoms with Crippen molar-refractivity contribution in [3.05, 3.63) is 59.7 Å². The van der Waals surface area contributed by atoms with Crippen LogP contribution < -0.4 is 9.57 Å². The van der Waals surface area contributed by atoms with Crippen LogP contribution in [-0.2, 0) is 9.53 Å². The van der Waals surface area contributed by atoms with Gasteiger partial charge >= 0.3 is 5.97 Å². The van der Waals surface area contributed by atoms with Crippen molar-refractivity contribution in [2.24, 2.45) is 5.16 Å². The molecule has 0 spiro atoms. The standard InChI is InChI=1S/C21H23NO5/c1-3-25-21(24)9-6-14-26-20-8-5-4-7-19(20)16(2)22-27-18-12-10-17(15-23)11-13-18/h4-5,7-8,10-13,15H,3,6,9,14H2,1-2H3. The summed E-state index contributed by atoms with van der Waals surface area (Å²) in [6.07, 6.45) is 1.67. The molecule has 2 aromatic rings. The molecule has 0 amide bonds. The number of aldehydes is 1. The van der Waals surface area contributed by atoms with Gasteiger partial charge in [0.15, 0.2) is 5.75 Å². The molecule has 142 valence electrons. The highest BCUT2D eigenvalue weighted by atomic mass is 16.6. The van der Waals surface area contributed by atoms with E-state index in [1.807, 2.05) is 31.2 Å². The van der Waals surface area contributed by atoms with Crippen LogP contribution in [0.1, 0.15) is 42.6 Å². The molecule has 0 heterocycles. The number of hydrogen-bond donors (Lipinski definition) is 0. The first-order valence-corrected chi connectivity index (χ1v) is 8.78. The van der Waals surface area contributed by atoms with Crippen LogP contribution in [0.3, 0.4) is 0 Å². The van der Waals surface area contributed by atoms with Crippen LogP contribution in [0.2, 0.25) is 0 Å². The van der Waals surface area contributed by atoms with Gasteiger partial charge in [-0.15, -0.1) is 0 Å². The van der Waals surface area contributed by atoms with Crippen molar-refractivity contribution in [3.8, 4) is 11.5 Å². The van der Waals surface area contributed by atoms with E-state index in [4.69, 9.17) is 14.3 Å². The smallest absolute Gasteiger partial charge is 0.305 e. The van der Waals surface area contributed by atoms with E-state index in [1.165, 1.54) is 0 Å². The molecule has 0 radical (unpaired) electrons. The summed E-state index contributed by atoms with van der Waals surface area (Å²) in [7, 11) is 0. The van der Waals surface area contributed by atoms with Crippen LogP contribution in [0.5, 0.6) is 11.5 Å². The number of ether oxygens (including phenoxy) is 2. The number of rotatable bonds is 10. The maximum absolute atomic E-state index is 11.4. The highest BCUT2D eigenvalue weighted by Crippen LogP contribution is 2.20. The molecule has 2 aromatic carbocycles. The molecule has 2 rings (SSSR count). The van der Waals surface area contributed by atoms with Crippen LogP contribution in [0.15, 0.2) is 53.7 Å². The lowest BCUT2D eigenvalue weighted by Gasteiger charge is -2.11. The van der Waals surface area contributed by atoms with Crippen LogP contribution in [0.25, 0.3) is 0 Å². The fraction of sp³-hybridized carbons (Fsp3) is 0.286. The third-order valence-corrected chi connectivity index (χ3v) is 3.67. The minimum atomic E-state index is -0.221. The maximum atomic E-state index is 11.4. The second kappa shape index (κ2) is 10.8. The van der Waals surface area contributed by atoms with Crippen molar-refractivity contribution in [1.82, 2.24) is 0 Å². The summed E-state index contributed by atoms with van der Waals surface area (Å²) in [5, 5.41) is 4.14. The summed E-state index contributed by atoms with van der Waals surface area (Å²) >= 11 is 0. The quantitative estimate of drug-likeness (QED) is 0.208. The zero-order valence-electron chi connectivity index (χ0n) is 15.5. The molecule has 0 fully saturated rings. The van der Waals surface area contributed by atoms with Gasteiger partial charge in [0.25, 0.3) is 0 Å². The summed E-state index contributed by atoms with van der Waals surface area (Å²) in [6.45, 7) is 4.39. The van der Waals surface area contributed by atoms with Gasteiger partial charge in [-0.25, -0.2) is 0 Å². The monoisotopic (exact) mass is 369 g/mol. The Morgan fingerprint density at radius 2 is 1.85 bits per heavy atom. The Balaban J connectivity index is 1.96. The number of esters is 1. The Kier molecular flexibility index (Phi) is 8.03. The minimum Gasteiger partial charge on any atom is -0.493 e. The van der Waals surface area contributed by atoms with Gasteiger partial charge in [-0.05, 0) is 56.7 Å². The summed E-state index contributed by atoms with van der Waals surface area (Å²) in [5.41, 5.74) is 2.03.